The third-order valence-electron chi connectivity index (χ3n) is 3.76. The molecule has 1 saturated carbocycles. The highest BCUT2D eigenvalue weighted by Crippen LogP contribution is 2.41. The molecule has 1 aliphatic carbocycles. The van der Waals surface area contributed by atoms with Gasteiger partial charge in [0.15, 0.2) is 0 Å². The van der Waals surface area contributed by atoms with E-state index >= 15 is 0 Å². The molecule has 1 unspecified atom stereocenters. The minimum atomic E-state index is 0.476. The Morgan fingerprint density at radius 2 is 2.19 bits per heavy atom. The summed E-state index contributed by atoms with van der Waals surface area (Å²) in [6, 6.07) is 6.39. The maximum Gasteiger partial charge on any atom is 0.122 e. The van der Waals surface area contributed by atoms with Crippen molar-refractivity contribution in [3.8, 4) is 5.75 Å². The van der Waals surface area contributed by atoms with E-state index in [4.69, 9.17) is 10.5 Å². The Morgan fingerprint density at radius 3 is 2.69 bits per heavy atom. The summed E-state index contributed by atoms with van der Waals surface area (Å²) < 4.78 is 5.45. The lowest BCUT2D eigenvalue weighted by Crippen LogP contribution is -2.27. The topological polar surface area (TPSA) is 35.2 Å². The van der Waals surface area contributed by atoms with Gasteiger partial charge in [-0.15, -0.1) is 0 Å². The molecule has 0 bridgehead atoms. The van der Waals surface area contributed by atoms with Crippen molar-refractivity contribution < 1.29 is 4.74 Å². The van der Waals surface area contributed by atoms with Crippen LogP contribution in [0.5, 0.6) is 5.75 Å². The number of aryl methyl sites for hydroxylation is 1. The van der Waals surface area contributed by atoms with Crippen molar-refractivity contribution in [1.82, 2.24) is 0 Å². The van der Waals surface area contributed by atoms with E-state index in [2.05, 4.69) is 25.1 Å². The third-order valence-corrected chi connectivity index (χ3v) is 3.76. The second-order valence-corrected chi connectivity index (χ2v) is 4.78. The maximum absolute atomic E-state index is 5.93. The van der Waals surface area contributed by atoms with Crippen molar-refractivity contribution in [3.63, 3.8) is 0 Å². The highest BCUT2D eigenvalue weighted by atomic mass is 16.5. The van der Waals surface area contributed by atoms with Crippen molar-refractivity contribution in [3.05, 3.63) is 29.3 Å². The Morgan fingerprint density at radius 1 is 1.44 bits per heavy atom. The highest BCUT2D eigenvalue weighted by molar-refractivity contribution is 5.40. The predicted molar refractivity (Wildman–Crippen MR) is 66.9 cm³/mol. The molecule has 1 aliphatic rings. The summed E-state index contributed by atoms with van der Waals surface area (Å²) in [5.41, 5.74) is 8.52. The molecule has 1 fully saturated rings. The van der Waals surface area contributed by atoms with Gasteiger partial charge in [0, 0.05) is 5.92 Å². The van der Waals surface area contributed by atoms with Crippen LogP contribution in [0.2, 0.25) is 0 Å². The number of nitrogens with two attached hydrogens (primary N) is 1. The van der Waals surface area contributed by atoms with Crippen LogP contribution in [0.15, 0.2) is 18.2 Å². The van der Waals surface area contributed by atoms with E-state index in [1.807, 2.05) is 0 Å². The van der Waals surface area contributed by atoms with Gasteiger partial charge in [0.2, 0.25) is 0 Å². The summed E-state index contributed by atoms with van der Waals surface area (Å²) in [4.78, 5) is 0. The standard InChI is InChI=1S/C14H21NO/c1-10-6-7-14(16-2)12(8-10)13(9-15)11-4-3-5-11/h6-8,11,13H,3-5,9,15H2,1-2H3. The van der Waals surface area contributed by atoms with Crippen LogP contribution in [-0.2, 0) is 0 Å². The second-order valence-electron chi connectivity index (χ2n) is 4.78. The van der Waals surface area contributed by atoms with Crippen LogP contribution < -0.4 is 10.5 Å². The molecular formula is C14H21NO. The number of ether oxygens (including phenoxy) is 1. The quantitative estimate of drug-likeness (QED) is 0.845. The first-order chi connectivity index (χ1) is 7.76. The minimum Gasteiger partial charge on any atom is -0.496 e. The normalized spacial score (nSPS) is 17.9. The first-order valence-electron chi connectivity index (χ1n) is 6.11. The predicted octanol–water partition coefficient (Wildman–Crippen LogP) is 2.85. The summed E-state index contributed by atoms with van der Waals surface area (Å²) in [6.45, 7) is 2.85. The van der Waals surface area contributed by atoms with Crippen LogP contribution >= 0.6 is 0 Å². The molecule has 2 nitrogen and oxygen atoms in total. The van der Waals surface area contributed by atoms with Gasteiger partial charge in [0.25, 0.3) is 0 Å². The maximum atomic E-state index is 5.93. The Labute approximate surface area is 97.8 Å². The van der Waals surface area contributed by atoms with E-state index in [1.165, 1.54) is 30.4 Å². The first-order valence-corrected chi connectivity index (χ1v) is 6.11. The molecule has 16 heavy (non-hydrogen) atoms. The zero-order valence-electron chi connectivity index (χ0n) is 10.2. The van der Waals surface area contributed by atoms with Crippen molar-refractivity contribution in [2.24, 2.45) is 11.7 Å². The van der Waals surface area contributed by atoms with E-state index in [1.54, 1.807) is 7.11 Å². The van der Waals surface area contributed by atoms with Gasteiger partial charge in [-0.05, 0) is 43.9 Å². The molecule has 0 aliphatic heterocycles. The number of benzene rings is 1. The first kappa shape index (κ1) is 11.5. The van der Waals surface area contributed by atoms with Gasteiger partial charge in [-0.1, -0.05) is 24.1 Å². The fraction of sp³-hybridized carbons (Fsp3) is 0.571. The van der Waals surface area contributed by atoms with Gasteiger partial charge in [-0.3, -0.25) is 0 Å². The van der Waals surface area contributed by atoms with Crippen molar-refractivity contribution >= 4 is 0 Å². The average molecular weight is 219 g/mol. The second kappa shape index (κ2) is 4.88. The molecule has 2 rings (SSSR count). The molecule has 2 heteroatoms. The smallest absolute Gasteiger partial charge is 0.122 e. The average Bonchev–Trinajstić information content (AvgIpc) is 2.23. The molecule has 0 saturated heterocycles. The summed E-state index contributed by atoms with van der Waals surface area (Å²) in [6.07, 6.45) is 3.99. The number of hydrogen-bond acceptors (Lipinski definition) is 2. The molecule has 0 spiro atoms. The van der Waals surface area contributed by atoms with Crippen LogP contribution in [0.25, 0.3) is 0 Å². The zero-order chi connectivity index (χ0) is 11.5. The summed E-state index contributed by atoms with van der Waals surface area (Å²) in [5.74, 6) is 2.23. The van der Waals surface area contributed by atoms with E-state index < -0.39 is 0 Å². The number of rotatable bonds is 4. The van der Waals surface area contributed by atoms with Gasteiger partial charge in [-0.2, -0.15) is 0 Å². The lowest BCUT2D eigenvalue weighted by Gasteiger charge is -2.34. The van der Waals surface area contributed by atoms with Crippen molar-refractivity contribution in [1.29, 1.82) is 0 Å². The van der Waals surface area contributed by atoms with Crippen molar-refractivity contribution in [2.75, 3.05) is 13.7 Å². The fourth-order valence-corrected chi connectivity index (χ4v) is 2.56. The van der Waals surface area contributed by atoms with Gasteiger partial charge >= 0.3 is 0 Å². The van der Waals surface area contributed by atoms with Crippen LogP contribution in [0, 0.1) is 12.8 Å². The monoisotopic (exact) mass is 219 g/mol. The summed E-state index contributed by atoms with van der Waals surface area (Å²) >= 11 is 0. The van der Waals surface area contributed by atoms with E-state index in [0.29, 0.717) is 5.92 Å². The lowest BCUT2D eigenvalue weighted by atomic mass is 9.72. The molecule has 1 atom stereocenters. The van der Waals surface area contributed by atoms with Gasteiger partial charge < -0.3 is 10.5 Å². The Hall–Kier alpha value is -1.02. The highest BCUT2D eigenvalue weighted by Gasteiger charge is 2.29. The van der Waals surface area contributed by atoms with Crippen LogP contribution in [0.1, 0.15) is 36.3 Å². The molecule has 1 aromatic carbocycles. The molecule has 1 aromatic rings. The van der Waals surface area contributed by atoms with Gasteiger partial charge in [-0.25, -0.2) is 0 Å². The van der Waals surface area contributed by atoms with E-state index in [9.17, 15) is 0 Å². The molecule has 0 amide bonds. The van der Waals surface area contributed by atoms with E-state index in [0.717, 1.165) is 18.2 Å². The summed E-state index contributed by atoms with van der Waals surface area (Å²) in [7, 11) is 1.74. The molecule has 0 radical (unpaired) electrons. The molecule has 0 aromatic heterocycles. The Kier molecular flexibility index (Phi) is 3.49. The van der Waals surface area contributed by atoms with Crippen molar-refractivity contribution in [2.45, 2.75) is 32.1 Å². The van der Waals surface area contributed by atoms with Gasteiger partial charge in [0.05, 0.1) is 7.11 Å². The minimum absolute atomic E-state index is 0.476. The van der Waals surface area contributed by atoms with Crippen LogP contribution in [0.4, 0.5) is 0 Å². The van der Waals surface area contributed by atoms with Crippen LogP contribution in [-0.4, -0.2) is 13.7 Å². The molecule has 2 N–H and O–H groups in total. The molecular weight excluding hydrogens is 198 g/mol. The largest absolute Gasteiger partial charge is 0.496 e. The summed E-state index contributed by atoms with van der Waals surface area (Å²) in [5, 5.41) is 0. The van der Waals surface area contributed by atoms with Gasteiger partial charge in [0.1, 0.15) is 5.75 Å². The van der Waals surface area contributed by atoms with Crippen LogP contribution in [0.3, 0.4) is 0 Å². The van der Waals surface area contributed by atoms with E-state index in [-0.39, 0.29) is 0 Å². The molecule has 88 valence electrons. The number of hydrogen-bond donors (Lipinski definition) is 1. The zero-order valence-corrected chi connectivity index (χ0v) is 10.2. The Bertz CT molecular complexity index is 358. The fourth-order valence-electron chi connectivity index (χ4n) is 2.56. The Balaban J connectivity index is 2.31. The molecule has 0 heterocycles. The SMILES string of the molecule is COc1ccc(C)cc1C(CN)C1CCC1. The third kappa shape index (κ3) is 2.07. The lowest BCUT2D eigenvalue weighted by molar-refractivity contribution is 0.259. The number of methoxy groups -OCH3 is 1.